The van der Waals surface area contributed by atoms with Crippen LogP contribution in [-0.2, 0) is 12.0 Å². The minimum atomic E-state index is -0.101. The average Bonchev–Trinajstić information content (AvgIpc) is 2.95. The summed E-state index contributed by atoms with van der Waals surface area (Å²) in [7, 11) is 0. The van der Waals surface area contributed by atoms with Crippen molar-refractivity contribution in [3.63, 3.8) is 0 Å². The quantitative estimate of drug-likeness (QED) is 0.834. The molecule has 2 aromatic rings. The van der Waals surface area contributed by atoms with E-state index in [0.717, 1.165) is 24.9 Å². The maximum atomic E-state index is 6.30. The van der Waals surface area contributed by atoms with Crippen LogP contribution in [0.3, 0.4) is 0 Å². The Labute approximate surface area is 95.3 Å². The third-order valence-electron chi connectivity index (χ3n) is 3.61. The number of aryl methyl sites for hydroxylation is 2. The molecule has 2 heterocycles. The minimum absolute atomic E-state index is 0.101. The molecule has 0 saturated heterocycles. The molecular formula is C13H17N3. The first-order chi connectivity index (χ1) is 7.65. The normalized spacial score (nSPS) is 17.9. The predicted octanol–water partition coefficient (Wildman–Crippen LogP) is 2.15. The molecule has 0 atom stereocenters. The maximum Gasteiger partial charge on any atom is 0.137 e. The summed E-state index contributed by atoms with van der Waals surface area (Å²) in [6.07, 6.45) is 3.15. The van der Waals surface area contributed by atoms with E-state index in [4.69, 9.17) is 5.73 Å². The molecule has 16 heavy (non-hydrogen) atoms. The van der Waals surface area contributed by atoms with Crippen molar-refractivity contribution >= 4 is 5.65 Å². The van der Waals surface area contributed by atoms with Crippen LogP contribution < -0.4 is 5.73 Å². The molecule has 1 saturated carbocycles. The lowest BCUT2D eigenvalue weighted by Crippen LogP contribution is -2.22. The van der Waals surface area contributed by atoms with Gasteiger partial charge in [0.2, 0.25) is 0 Å². The van der Waals surface area contributed by atoms with Crippen LogP contribution in [0.15, 0.2) is 18.2 Å². The average molecular weight is 215 g/mol. The first-order valence-corrected chi connectivity index (χ1v) is 5.92. The van der Waals surface area contributed by atoms with Crippen LogP contribution in [0.25, 0.3) is 5.65 Å². The van der Waals surface area contributed by atoms with Crippen molar-refractivity contribution in [1.29, 1.82) is 0 Å². The molecule has 1 fully saturated rings. The van der Waals surface area contributed by atoms with Crippen LogP contribution in [0.2, 0.25) is 0 Å². The topological polar surface area (TPSA) is 43.3 Å². The highest BCUT2D eigenvalue weighted by Crippen LogP contribution is 2.42. The second-order valence-electron chi connectivity index (χ2n) is 4.76. The third-order valence-corrected chi connectivity index (χ3v) is 3.61. The van der Waals surface area contributed by atoms with Gasteiger partial charge in [0.05, 0.1) is 11.2 Å². The number of rotatable bonds is 2. The molecule has 0 radical (unpaired) electrons. The van der Waals surface area contributed by atoms with E-state index in [-0.39, 0.29) is 5.54 Å². The summed E-state index contributed by atoms with van der Waals surface area (Å²) in [6, 6.07) is 6.25. The summed E-state index contributed by atoms with van der Waals surface area (Å²) in [5.74, 6) is 0. The molecule has 0 unspecified atom stereocenters. The largest absolute Gasteiger partial charge is 0.320 e. The fraction of sp³-hybridized carbons (Fsp3) is 0.462. The Morgan fingerprint density at radius 1 is 1.44 bits per heavy atom. The van der Waals surface area contributed by atoms with E-state index in [2.05, 4.69) is 41.4 Å². The summed E-state index contributed by atoms with van der Waals surface area (Å²) in [5, 5.41) is 0. The van der Waals surface area contributed by atoms with Crippen molar-refractivity contribution in [3.05, 3.63) is 35.3 Å². The minimum Gasteiger partial charge on any atom is -0.320 e. The highest BCUT2D eigenvalue weighted by atomic mass is 15.1. The maximum absolute atomic E-state index is 6.30. The van der Waals surface area contributed by atoms with Crippen molar-refractivity contribution in [3.8, 4) is 0 Å². The number of imidazole rings is 1. The summed E-state index contributed by atoms with van der Waals surface area (Å²) < 4.78 is 2.23. The molecule has 0 bridgehead atoms. The van der Waals surface area contributed by atoms with Crippen LogP contribution in [0, 0.1) is 6.92 Å². The van der Waals surface area contributed by atoms with Gasteiger partial charge in [0.1, 0.15) is 5.65 Å². The Balaban J connectivity index is 2.33. The molecular weight excluding hydrogens is 198 g/mol. The van der Waals surface area contributed by atoms with Gasteiger partial charge in [-0.25, -0.2) is 4.98 Å². The number of aromatic nitrogens is 2. The first kappa shape index (κ1) is 9.85. The van der Waals surface area contributed by atoms with E-state index in [1.165, 1.54) is 17.1 Å². The lowest BCUT2D eigenvalue weighted by atomic mass is 10.1. The monoisotopic (exact) mass is 215 g/mol. The van der Waals surface area contributed by atoms with E-state index < -0.39 is 0 Å². The van der Waals surface area contributed by atoms with Gasteiger partial charge in [0, 0.05) is 11.4 Å². The van der Waals surface area contributed by atoms with Crippen LogP contribution in [0.5, 0.6) is 0 Å². The highest BCUT2D eigenvalue weighted by Gasteiger charge is 2.42. The van der Waals surface area contributed by atoms with Gasteiger partial charge in [-0.15, -0.1) is 0 Å². The van der Waals surface area contributed by atoms with Gasteiger partial charge >= 0.3 is 0 Å². The molecule has 3 heteroatoms. The van der Waals surface area contributed by atoms with E-state index in [0.29, 0.717) is 0 Å². The van der Waals surface area contributed by atoms with Crippen LogP contribution in [-0.4, -0.2) is 9.38 Å². The summed E-state index contributed by atoms with van der Waals surface area (Å²) in [6.45, 7) is 4.28. The number of nitrogens with two attached hydrogens (primary N) is 1. The zero-order chi connectivity index (χ0) is 11.3. The van der Waals surface area contributed by atoms with Gasteiger partial charge in [0.25, 0.3) is 0 Å². The third kappa shape index (κ3) is 1.21. The van der Waals surface area contributed by atoms with Gasteiger partial charge in [-0.1, -0.05) is 13.0 Å². The fourth-order valence-corrected chi connectivity index (χ4v) is 2.40. The van der Waals surface area contributed by atoms with E-state index >= 15 is 0 Å². The Morgan fingerprint density at radius 3 is 2.81 bits per heavy atom. The number of fused-ring (bicyclic) bond motifs is 1. The Hall–Kier alpha value is -1.35. The highest BCUT2D eigenvalue weighted by molar-refractivity contribution is 5.47. The molecule has 0 amide bonds. The molecule has 0 aromatic carbocycles. The zero-order valence-electron chi connectivity index (χ0n) is 9.83. The SMILES string of the molecule is CCc1nc2cccc(C3(N)CC3)n2c1C. The van der Waals surface area contributed by atoms with E-state index in [1.807, 2.05) is 0 Å². The number of hydrogen-bond donors (Lipinski definition) is 1. The van der Waals surface area contributed by atoms with Crippen LogP contribution >= 0.6 is 0 Å². The van der Waals surface area contributed by atoms with E-state index in [1.54, 1.807) is 0 Å². The lowest BCUT2D eigenvalue weighted by Gasteiger charge is -2.13. The molecule has 0 aliphatic heterocycles. The zero-order valence-corrected chi connectivity index (χ0v) is 9.83. The van der Waals surface area contributed by atoms with Gasteiger partial charge in [-0.2, -0.15) is 0 Å². The molecule has 1 aliphatic rings. The second kappa shape index (κ2) is 3.08. The molecule has 1 aliphatic carbocycles. The lowest BCUT2D eigenvalue weighted by molar-refractivity contribution is 0.688. The summed E-state index contributed by atoms with van der Waals surface area (Å²) >= 11 is 0. The predicted molar refractivity (Wildman–Crippen MR) is 64.4 cm³/mol. The summed E-state index contributed by atoms with van der Waals surface area (Å²) in [5.41, 5.74) is 10.9. The van der Waals surface area contributed by atoms with Gasteiger partial charge in [-0.3, -0.25) is 4.40 Å². The van der Waals surface area contributed by atoms with Gasteiger partial charge in [0.15, 0.2) is 0 Å². The number of nitrogens with zero attached hydrogens (tertiary/aromatic N) is 2. The fourth-order valence-electron chi connectivity index (χ4n) is 2.40. The summed E-state index contributed by atoms with van der Waals surface area (Å²) in [4.78, 5) is 4.64. The molecule has 2 N–H and O–H groups in total. The van der Waals surface area contributed by atoms with Crippen LogP contribution in [0.4, 0.5) is 0 Å². The van der Waals surface area contributed by atoms with Gasteiger partial charge in [-0.05, 0) is 38.3 Å². The Morgan fingerprint density at radius 2 is 2.19 bits per heavy atom. The first-order valence-electron chi connectivity index (χ1n) is 5.92. The molecule has 0 spiro atoms. The second-order valence-corrected chi connectivity index (χ2v) is 4.76. The molecule has 3 rings (SSSR count). The van der Waals surface area contributed by atoms with Crippen molar-refractivity contribution in [1.82, 2.24) is 9.38 Å². The van der Waals surface area contributed by atoms with E-state index in [9.17, 15) is 0 Å². The Kier molecular flexibility index (Phi) is 1.89. The number of hydrogen-bond acceptors (Lipinski definition) is 2. The molecule has 3 nitrogen and oxygen atoms in total. The van der Waals surface area contributed by atoms with Gasteiger partial charge < -0.3 is 5.73 Å². The Bertz CT molecular complexity index is 550. The van der Waals surface area contributed by atoms with Crippen LogP contribution in [0.1, 0.15) is 36.8 Å². The van der Waals surface area contributed by atoms with Crippen molar-refractivity contribution in [2.75, 3.05) is 0 Å². The van der Waals surface area contributed by atoms with Crippen molar-refractivity contribution in [2.24, 2.45) is 5.73 Å². The molecule has 2 aromatic heterocycles. The van der Waals surface area contributed by atoms with Crippen molar-refractivity contribution < 1.29 is 0 Å². The standard InChI is InChI=1S/C13H17N3/c1-3-10-9(2)16-11(13(14)7-8-13)5-4-6-12(16)15-10/h4-6H,3,7-8,14H2,1-2H3. The number of pyridine rings is 1. The van der Waals surface area contributed by atoms with Crippen molar-refractivity contribution in [2.45, 2.75) is 38.6 Å². The molecule has 84 valence electrons. The smallest absolute Gasteiger partial charge is 0.137 e.